The molecule has 3 aliphatic rings. The zero-order valence-corrected chi connectivity index (χ0v) is 11.2. The zero-order chi connectivity index (χ0) is 13.1. The van der Waals surface area contributed by atoms with E-state index in [1.807, 2.05) is 13.0 Å². The molecule has 3 nitrogen and oxygen atoms in total. The SMILES string of the molecule is CC1=C[C@]2(CC=C(C)[C@@H]3CC[C@](C)(O)[C@@H]32)OC1=O. The van der Waals surface area contributed by atoms with Crippen molar-refractivity contribution in [2.24, 2.45) is 11.8 Å². The Labute approximate surface area is 108 Å². The lowest BCUT2D eigenvalue weighted by Gasteiger charge is -2.44. The van der Waals surface area contributed by atoms with Gasteiger partial charge in [0.05, 0.1) is 5.60 Å². The fraction of sp³-hybridized carbons (Fsp3) is 0.667. The lowest BCUT2D eigenvalue weighted by molar-refractivity contribution is -0.160. The van der Waals surface area contributed by atoms with Gasteiger partial charge in [-0.3, -0.25) is 0 Å². The van der Waals surface area contributed by atoms with Crippen LogP contribution in [0.2, 0.25) is 0 Å². The van der Waals surface area contributed by atoms with Crippen LogP contribution in [0.1, 0.15) is 40.0 Å². The van der Waals surface area contributed by atoms with Crippen molar-refractivity contribution in [2.45, 2.75) is 51.2 Å². The summed E-state index contributed by atoms with van der Waals surface area (Å²) in [5.74, 6) is 0.101. The molecule has 0 aromatic carbocycles. The van der Waals surface area contributed by atoms with E-state index in [4.69, 9.17) is 4.74 Å². The van der Waals surface area contributed by atoms with Gasteiger partial charge in [-0.1, -0.05) is 11.6 Å². The van der Waals surface area contributed by atoms with Gasteiger partial charge in [0.15, 0.2) is 0 Å². The van der Waals surface area contributed by atoms with E-state index in [1.54, 1.807) is 6.92 Å². The van der Waals surface area contributed by atoms with Crippen LogP contribution in [-0.2, 0) is 9.53 Å². The standard InChI is InChI=1S/C15H20O3/c1-9-4-7-15(8-10(2)13(16)18-15)12-11(9)5-6-14(12,3)17/h4,8,11-12,17H,5-7H2,1-3H3/t11-,12+,14-,15-/m0/s1. The number of ether oxygens (including phenoxy) is 1. The van der Waals surface area contributed by atoms with Crippen molar-refractivity contribution in [3.05, 3.63) is 23.3 Å². The molecule has 98 valence electrons. The molecule has 1 N–H and O–H groups in total. The smallest absolute Gasteiger partial charge is 0.334 e. The number of hydrogen-bond donors (Lipinski definition) is 1. The van der Waals surface area contributed by atoms with Gasteiger partial charge in [-0.2, -0.15) is 0 Å². The van der Waals surface area contributed by atoms with Crippen molar-refractivity contribution >= 4 is 5.97 Å². The van der Waals surface area contributed by atoms with Gasteiger partial charge in [-0.25, -0.2) is 4.79 Å². The Hall–Kier alpha value is -1.09. The number of hydrogen-bond acceptors (Lipinski definition) is 3. The first kappa shape index (κ1) is 12.0. The Kier molecular flexibility index (Phi) is 2.31. The van der Waals surface area contributed by atoms with Crippen LogP contribution in [0.3, 0.4) is 0 Å². The highest BCUT2D eigenvalue weighted by molar-refractivity contribution is 5.91. The number of aliphatic hydroxyl groups is 1. The normalized spacial score (nSPS) is 46.8. The monoisotopic (exact) mass is 248 g/mol. The number of allylic oxidation sites excluding steroid dienone is 1. The summed E-state index contributed by atoms with van der Waals surface area (Å²) in [5, 5.41) is 10.7. The van der Waals surface area contributed by atoms with Crippen LogP contribution in [0.4, 0.5) is 0 Å². The predicted octanol–water partition coefficient (Wildman–Crippen LogP) is 2.36. The van der Waals surface area contributed by atoms with Crippen molar-refractivity contribution in [3.63, 3.8) is 0 Å². The molecular formula is C15H20O3. The third-order valence-electron chi connectivity index (χ3n) is 4.95. The van der Waals surface area contributed by atoms with E-state index in [1.165, 1.54) is 5.57 Å². The van der Waals surface area contributed by atoms with Gasteiger partial charge in [0.1, 0.15) is 5.60 Å². The van der Waals surface area contributed by atoms with Crippen molar-refractivity contribution in [1.29, 1.82) is 0 Å². The van der Waals surface area contributed by atoms with Crippen LogP contribution in [0, 0.1) is 11.8 Å². The van der Waals surface area contributed by atoms with E-state index < -0.39 is 11.2 Å². The van der Waals surface area contributed by atoms with E-state index in [2.05, 4.69) is 13.0 Å². The molecule has 0 aromatic heterocycles. The minimum atomic E-state index is -0.748. The van der Waals surface area contributed by atoms with Crippen LogP contribution in [0.5, 0.6) is 0 Å². The van der Waals surface area contributed by atoms with Gasteiger partial charge >= 0.3 is 5.97 Å². The summed E-state index contributed by atoms with van der Waals surface area (Å²) < 4.78 is 5.66. The summed E-state index contributed by atoms with van der Waals surface area (Å²) in [4.78, 5) is 11.7. The van der Waals surface area contributed by atoms with Gasteiger partial charge in [0.25, 0.3) is 0 Å². The van der Waals surface area contributed by atoms with Crippen molar-refractivity contribution < 1.29 is 14.6 Å². The van der Waals surface area contributed by atoms with Crippen LogP contribution < -0.4 is 0 Å². The Morgan fingerprint density at radius 3 is 2.78 bits per heavy atom. The van der Waals surface area contributed by atoms with E-state index in [0.717, 1.165) is 12.8 Å². The molecule has 1 fully saturated rings. The zero-order valence-electron chi connectivity index (χ0n) is 11.2. The van der Waals surface area contributed by atoms with Crippen LogP contribution in [0.25, 0.3) is 0 Å². The highest BCUT2D eigenvalue weighted by Gasteiger charge is 2.59. The highest BCUT2D eigenvalue weighted by atomic mass is 16.6. The molecule has 4 atom stereocenters. The van der Waals surface area contributed by atoms with Crippen LogP contribution in [-0.4, -0.2) is 22.3 Å². The lowest BCUT2D eigenvalue weighted by atomic mass is 9.67. The molecule has 0 aromatic rings. The molecule has 1 saturated carbocycles. The summed E-state index contributed by atoms with van der Waals surface area (Å²) in [7, 11) is 0. The van der Waals surface area contributed by atoms with E-state index >= 15 is 0 Å². The lowest BCUT2D eigenvalue weighted by Crippen LogP contribution is -2.51. The molecule has 1 aliphatic heterocycles. The maximum atomic E-state index is 11.7. The van der Waals surface area contributed by atoms with Crippen LogP contribution >= 0.6 is 0 Å². The van der Waals surface area contributed by atoms with Gasteiger partial charge in [-0.05, 0) is 45.6 Å². The van der Waals surface area contributed by atoms with Gasteiger partial charge in [-0.15, -0.1) is 0 Å². The number of carbonyl (C=O) groups excluding carboxylic acids is 1. The number of esters is 1. The number of fused-ring (bicyclic) bond motifs is 2. The molecule has 2 aliphatic carbocycles. The number of carbonyl (C=O) groups is 1. The third-order valence-corrected chi connectivity index (χ3v) is 4.95. The molecule has 18 heavy (non-hydrogen) atoms. The van der Waals surface area contributed by atoms with E-state index in [0.29, 0.717) is 17.9 Å². The predicted molar refractivity (Wildman–Crippen MR) is 67.8 cm³/mol. The quantitative estimate of drug-likeness (QED) is 0.529. The second kappa shape index (κ2) is 3.47. The molecular weight excluding hydrogens is 228 g/mol. The average molecular weight is 248 g/mol. The molecule has 0 unspecified atom stereocenters. The number of rotatable bonds is 0. The Balaban J connectivity index is 2.09. The average Bonchev–Trinajstić information content (AvgIpc) is 2.74. The van der Waals surface area contributed by atoms with Crippen molar-refractivity contribution in [3.8, 4) is 0 Å². The third kappa shape index (κ3) is 1.43. The molecule has 0 radical (unpaired) electrons. The molecule has 1 spiro atoms. The maximum Gasteiger partial charge on any atom is 0.334 e. The molecule has 0 amide bonds. The second-order valence-electron chi connectivity index (χ2n) is 6.30. The maximum absolute atomic E-state index is 11.7. The summed E-state index contributed by atoms with van der Waals surface area (Å²) in [6.07, 6.45) is 6.56. The van der Waals surface area contributed by atoms with E-state index in [9.17, 15) is 9.90 Å². The first-order valence-corrected chi connectivity index (χ1v) is 6.67. The summed E-state index contributed by atoms with van der Waals surface area (Å²) in [5.41, 5.74) is 0.647. The first-order valence-electron chi connectivity index (χ1n) is 6.67. The largest absolute Gasteiger partial charge is 0.451 e. The topological polar surface area (TPSA) is 46.5 Å². The fourth-order valence-corrected chi connectivity index (χ4v) is 4.12. The molecule has 3 rings (SSSR count). The minimum Gasteiger partial charge on any atom is -0.451 e. The van der Waals surface area contributed by atoms with Crippen molar-refractivity contribution in [2.75, 3.05) is 0 Å². The Morgan fingerprint density at radius 1 is 1.44 bits per heavy atom. The molecule has 1 heterocycles. The molecule has 0 bridgehead atoms. The fourth-order valence-electron chi connectivity index (χ4n) is 4.12. The minimum absolute atomic E-state index is 0.00333. The summed E-state index contributed by atoms with van der Waals surface area (Å²) in [6, 6.07) is 0. The molecule has 3 heteroatoms. The van der Waals surface area contributed by atoms with Crippen LogP contribution in [0.15, 0.2) is 23.3 Å². The Bertz CT molecular complexity index is 472. The molecule has 0 saturated heterocycles. The summed E-state index contributed by atoms with van der Waals surface area (Å²) >= 11 is 0. The first-order chi connectivity index (χ1) is 8.36. The van der Waals surface area contributed by atoms with Gasteiger partial charge in [0, 0.05) is 17.9 Å². The van der Waals surface area contributed by atoms with E-state index in [-0.39, 0.29) is 11.9 Å². The highest BCUT2D eigenvalue weighted by Crippen LogP contribution is 2.56. The Morgan fingerprint density at radius 2 is 2.17 bits per heavy atom. The van der Waals surface area contributed by atoms with Gasteiger partial charge < -0.3 is 9.84 Å². The second-order valence-corrected chi connectivity index (χ2v) is 6.30. The summed E-state index contributed by atoms with van der Waals surface area (Å²) in [6.45, 7) is 5.80. The van der Waals surface area contributed by atoms with Gasteiger partial charge in [0.2, 0.25) is 0 Å². The van der Waals surface area contributed by atoms with Crippen molar-refractivity contribution in [1.82, 2.24) is 0 Å².